The summed E-state index contributed by atoms with van der Waals surface area (Å²) in [5.41, 5.74) is 1.14. The van der Waals surface area contributed by atoms with Crippen LogP contribution in [0.3, 0.4) is 0 Å². The number of carbonyl (C=O) groups is 1. The highest BCUT2D eigenvalue weighted by atomic mass is 32.1. The molecule has 2 rings (SSSR count). The van der Waals surface area contributed by atoms with E-state index in [2.05, 4.69) is 48.3 Å². The fourth-order valence-electron chi connectivity index (χ4n) is 2.63. The van der Waals surface area contributed by atoms with E-state index in [0.29, 0.717) is 31.5 Å². The van der Waals surface area contributed by atoms with Crippen LogP contribution in [0.15, 0.2) is 5.38 Å². The molecule has 0 bridgehead atoms. The highest BCUT2D eigenvalue weighted by Gasteiger charge is 2.24. The van der Waals surface area contributed by atoms with Gasteiger partial charge in [-0.15, -0.1) is 11.3 Å². The van der Waals surface area contributed by atoms with Crippen LogP contribution in [0.4, 0.5) is 0 Å². The second-order valence-corrected chi connectivity index (χ2v) is 7.65. The van der Waals surface area contributed by atoms with E-state index in [1.54, 1.807) is 11.3 Å². The molecule has 0 radical (unpaired) electrons. The molecule has 0 saturated carbocycles. The summed E-state index contributed by atoms with van der Waals surface area (Å²) in [5.74, 6) is 0.531. The standard InChI is InChI=1S/C17H29N3O2S/c1-12(2)15-11-23-17(19-15)5-6-18-16(21)9-14-10-20(13(3)4)7-8-22-14/h11-14H,5-10H2,1-4H3,(H,18,21)/t14-/m0/s1. The van der Waals surface area contributed by atoms with Crippen LogP contribution in [0.25, 0.3) is 0 Å². The van der Waals surface area contributed by atoms with Gasteiger partial charge in [0, 0.05) is 37.5 Å². The number of nitrogens with zero attached hydrogens (tertiary/aromatic N) is 2. The van der Waals surface area contributed by atoms with E-state index in [1.807, 2.05) is 0 Å². The third-order valence-electron chi connectivity index (χ3n) is 4.14. The van der Waals surface area contributed by atoms with Gasteiger partial charge in [-0.2, -0.15) is 0 Å². The molecule has 1 N–H and O–H groups in total. The first kappa shape index (κ1) is 18.4. The third kappa shape index (κ3) is 5.86. The van der Waals surface area contributed by atoms with Crippen molar-refractivity contribution in [3.8, 4) is 0 Å². The second-order valence-electron chi connectivity index (χ2n) is 6.71. The molecule has 1 saturated heterocycles. The molecule has 0 unspecified atom stereocenters. The summed E-state index contributed by atoms with van der Waals surface area (Å²) in [6, 6.07) is 0.504. The number of rotatable bonds is 7. The van der Waals surface area contributed by atoms with Gasteiger partial charge in [-0.05, 0) is 19.8 Å². The van der Waals surface area contributed by atoms with Crippen molar-refractivity contribution in [2.75, 3.05) is 26.2 Å². The molecule has 0 aliphatic carbocycles. The Labute approximate surface area is 143 Å². The van der Waals surface area contributed by atoms with E-state index >= 15 is 0 Å². The third-order valence-corrected chi connectivity index (χ3v) is 5.06. The highest BCUT2D eigenvalue weighted by molar-refractivity contribution is 7.09. The van der Waals surface area contributed by atoms with Crippen LogP contribution in [0.5, 0.6) is 0 Å². The number of hydrogen-bond donors (Lipinski definition) is 1. The minimum absolute atomic E-state index is 0.0126. The first-order valence-electron chi connectivity index (χ1n) is 8.52. The normalized spacial score (nSPS) is 19.5. The molecular weight excluding hydrogens is 310 g/mol. The lowest BCUT2D eigenvalue weighted by Gasteiger charge is -2.35. The summed E-state index contributed by atoms with van der Waals surface area (Å²) >= 11 is 1.67. The van der Waals surface area contributed by atoms with Gasteiger partial charge in [-0.3, -0.25) is 9.69 Å². The average molecular weight is 340 g/mol. The Morgan fingerprint density at radius 3 is 2.91 bits per heavy atom. The average Bonchev–Trinajstić information content (AvgIpc) is 2.96. The summed E-state index contributed by atoms with van der Waals surface area (Å²) in [5, 5.41) is 6.19. The molecule has 2 heterocycles. The Hall–Kier alpha value is -0.980. The topological polar surface area (TPSA) is 54.5 Å². The van der Waals surface area contributed by atoms with Crippen LogP contribution < -0.4 is 5.32 Å². The van der Waals surface area contributed by atoms with Crippen LogP contribution >= 0.6 is 11.3 Å². The first-order chi connectivity index (χ1) is 11.0. The molecule has 23 heavy (non-hydrogen) atoms. The quantitative estimate of drug-likeness (QED) is 0.829. The van der Waals surface area contributed by atoms with Crippen molar-refractivity contribution in [2.24, 2.45) is 0 Å². The number of carbonyl (C=O) groups excluding carboxylic acids is 1. The monoisotopic (exact) mass is 339 g/mol. The molecule has 1 aromatic heterocycles. The van der Waals surface area contributed by atoms with Crippen molar-refractivity contribution < 1.29 is 9.53 Å². The van der Waals surface area contributed by atoms with Gasteiger partial charge in [0.1, 0.15) is 0 Å². The van der Waals surface area contributed by atoms with E-state index in [9.17, 15) is 4.79 Å². The molecule has 1 fully saturated rings. The van der Waals surface area contributed by atoms with E-state index in [4.69, 9.17) is 4.74 Å². The Morgan fingerprint density at radius 2 is 2.26 bits per heavy atom. The van der Waals surface area contributed by atoms with Crippen LogP contribution in [-0.2, 0) is 16.0 Å². The van der Waals surface area contributed by atoms with Gasteiger partial charge in [0.15, 0.2) is 0 Å². The van der Waals surface area contributed by atoms with Gasteiger partial charge in [0.2, 0.25) is 5.91 Å². The van der Waals surface area contributed by atoms with Gasteiger partial charge in [0.25, 0.3) is 0 Å². The smallest absolute Gasteiger partial charge is 0.222 e. The van der Waals surface area contributed by atoms with Crippen LogP contribution in [0.2, 0.25) is 0 Å². The number of nitrogens with one attached hydrogen (secondary N) is 1. The second kappa shape index (κ2) is 8.76. The van der Waals surface area contributed by atoms with Crippen molar-refractivity contribution in [1.29, 1.82) is 0 Å². The van der Waals surface area contributed by atoms with Crippen molar-refractivity contribution in [3.05, 3.63) is 16.1 Å². The molecule has 5 nitrogen and oxygen atoms in total. The predicted molar refractivity (Wildman–Crippen MR) is 94.0 cm³/mol. The molecule has 1 aliphatic heterocycles. The highest BCUT2D eigenvalue weighted by Crippen LogP contribution is 2.17. The Balaban J connectivity index is 1.68. The fourth-order valence-corrected chi connectivity index (χ4v) is 3.59. The Morgan fingerprint density at radius 1 is 1.48 bits per heavy atom. The van der Waals surface area contributed by atoms with Gasteiger partial charge >= 0.3 is 0 Å². The lowest BCUT2D eigenvalue weighted by molar-refractivity contribution is -0.126. The molecule has 1 amide bonds. The van der Waals surface area contributed by atoms with Crippen LogP contribution in [0.1, 0.15) is 50.7 Å². The Bertz CT molecular complexity index is 502. The first-order valence-corrected chi connectivity index (χ1v) is 9.40. The number of aromatic nitrogens is 1. The van der Waals surface area contributed by atoms with E-state index < -0.39 is 0 Å². The van der Waals surface area contributed by atoms with Crippen LogP contribution in [0, 0.1) is 0 Å². The SMILES string of the molecule is CC(C)c1csc(CCNC(=O)C[C@H]2CN(C(C)C)CCO2)n1. The van der Waals surface area contributed by atoms with Crippen molar-refractivity contribution in [1.82, 2.24) is 15.2 Å². The number of morpholine rings is 1. The summed E-state index contributed by atoms with van der Waals surface area (Å²) in [7, 11) is 0. The molecular formula is C17H29N3O2S. The van der Waals surface area contributed by atoms with Gasteiger partial charge in [0.05, 0.1) is 29.8 Å². The lowest BCUT2D eigenvalue weighted by Crippen LogP contribution is -2.47. The number of thiazole rings is 1. The Kier molecular flexibility index (Phi) is 6.99. The summed E-state index contributed by atoms with van der Waals surface area (Å²) in [4.78, 5) is 19.0. The largest absolute Gasteiger partial charge is 0.375 e. The minimum Gasteiger partial charge on any atom is -0.375 e. The number of amides is 1. The molecule has 1 atom stereocenters. The van der Waals surface area contributed by atoms with E-state index in [1.165, 1.54) is 0 Å². The lowest BCUT2D eigenvalue weighted by atomic mass is 10.1. The summed E-state index contributed by atoms with van der Waals surface area (Å²) < 4.78 is 5.71. The molecule has 1 aliphatic rings. The zero-order valence-electron chi connectivity index (χ0n) is 14.7. The maximum Gasteiger partial charge on any atom is 0.222 e. The molecule has 0 aromatic carbocycles. The molecule has 0 spiro atoms. The minimum atomic E-state index is 0.0126. The number of ether oxygens (including phenoxy) is 1. The van der Waals surface area contributed by atoms with Crippen molar-refractivity contribution in [2.45, 2.75) is 58.6 Å². The van der Waals surface area contributed by atoms with Gasteiger partial charge in [-0.1, -0.05) is 13.8 Å². The zero-order valence-corrected chi connectivity index (χ0v) is 15.5. The van der Waals surface area contributed by atoms with E-state index in [-0.39, 0.29) is 12.0 Å². The molecule has 1 aromatic rings. The maximum absolute atomic E-state index is 12.1. The van der Waals surface area contributed by atoms with Gasteiger partial charge in [-0.25, -0.2) is 4.98 Å². The molecule has 6 heteroatoms. The van der Waals surface area contributed by atoms with Crippen LogP contribution in [-0.4, -0.2) is 54.2 Å². The summed E-state index contributed by atoms with van der Waals surface area (Å²) in [6.07, 6.45) is 1.25. The fraction of sp³-hybridized carbons (Fsp3) is 0.765. The van der Waals surface area contributed by atoms with Crippen molar-refractivity contribution in [3.63, 3.8) is 0 Å². The number of hydrogen-bond acceptors (Lipinski definition) is 5. The van der Waals surface area contributed by atoms with E-state index in [0.717, 1.165) is 30.2 Å². The van der Waals surface area contributed by atoms with Gasteiger partial charge < -0.3 is 10.1 Å². The summed E-state index contributed by atoms with van der Waals surface area (Å²) in [6.45, 7) is 11.8. The zero-order chi connectivity index (χ0) is 16.8. The molecule has 130 valence electrons. The predicted octanol–water partition coefficient (Wildman–Crippen LogP) is 2.42. The maximum atomic E-state index is 12.1. The van der Waals surface area contributed by atoms with Crippen molar-refractivity contribution >= 4 is 17.2 Å².